The Morgan fingerprint density at radius 1 is 1.33 bits per heavy atom. The Hall–Kier alpha value is -1.91. The van der Waals surface area contributed by atoms with Crippen LogP contribution in [0.2, 0.25) is 0 Å². The Kier molecular flexibility index (Phi) is 3.79. The molecule has 0 aliphatic carbocycles. The number of hydrogen-bond donors (Lipinski definition) is 1. The smallest absolute Gasteiger partial charge is 0.343 e. The van der Waals surface area contributed by atoms with E-state index in [0.29, 0.717) is 17.2 Å². The quantitative estimate of drug-likeness (QED) is 0.590. The maximum absolute atomic E-state index is 10.9. The van der Waals surface area contributed by atoms with E-state index in [9.17, 15) is 4.79 Å². The molecule has 0 heterocycles. The number of benzene rings is 1. The molecular weight excluding hydrogens is 198 g/mol. The minimum Gasteiger partial charge on any atom is -0.493 e. The number of methoxy groups -OCH3 is 2. The molecule has 0 radical (unpaired) electrons. The number of anilines is 1. The van der Waals surface area contributed by atoms with Crippen molar-refractivity contribution < 1.29 is 19.0 Å². The van der Waals surface area contributed by atoms with Gasteiger partial charge in [0.05, 0.1) is 14.2 Å². The van der Waals surface area contributed by atoms with Gasteiger partial charge in [-0.15, -0.1) is 0 Å². The number of carbonyl (C=O) groups excluding carboxylic acids is 1. The first-order valence-electron chi connectivity index (χ1n) is 4.30. The molecule has 0 spiro atoms. The number of carbonyl (C=O) groups is 1. The molecule has 0 amide bonds. The van der Waals surface area contributed by atoms with E-state index >= 15 is 0 Å². The van der Waals surface area contributed by atoms with Crippen LogP contribution in [0, 0.1) is 0 Å². The Labute approximate surface area is 87.7 Å². The van der Waals surface area contributed by atoms with Gasteiger partial charge < -0.3 is 19.9 Å². The summed E-state index contributed by atoms with van der Waals surface area (Å²) in [6.07, 6.45) is 0. The SMILES string of the molecule is COC(=O)COc1cc(N)ccc1OC. The summed E-state index contributed by atoms with van der Waals surface area (Å²) in [5, 5.41) is 0. The highest BCUT2D eigenvalue weighted by molar-refractivity contribution is 5.71. The first-order valence-corrected chi connectivity index (χ1v) is 4.30. The molecule has 1 rings (SSSR count). The molecule has 0 aromatic heterocycles. The summed E-state index contributed by atoms with van der Waals surface area (Å²) >= 11 is 0. The largest absolute Gasteiger partial charge is 0.493 e. The molecule has 0 unspecified atom stereocenters. The van der Waals surface area contributed by atoms with Crippen LogP contribution < -0.4 is 15.2 Å². The van der Waals surface area contributed by atoms with E-state index in [1.54, 1.807) is 18.2 Å². The van der Waals surface area contributed by atoms with Crippen molar-refractivity contribution in [1.29, 1.82) is 0 Å². The van der Waals surface area contributed by atoms with Gasteiger partial charge in [0, 0.05) is 11.8 Å². The molecule has 0 aliphatic rings. The highest BCUT2D eigenvalue weighted by atomic mass is 16.6. The number of esters is 1. The van der Waals surface area contributed by atoms with Crippen molar-refractivity contribution in [1.82, 2.24) is 0 Å². The fraction of sp³-hybridized carbons (Fsp3) is 0.300. The molecule has 1 aromatic carbocycles. The average Bonchev–Trinajstić information content (AvgIpc) is 2.26. The van der Waals surface area contributed by atoms with Crippen LogP contribution in [0.5, 0.6) is 11.5 Å². The van der Waals surface area contributed by atoms with E-state index in [1.807, 2.05) is 0 Å². The van der Waals surface area contributed by atoms with Crippen LogP contribution in [0.1, 0.15) is 0 Å². The van der Waals surface area contributed by atoms with Gasteiger partial charge in [-0.3, -0.25) is 0 Å². The summed E-state index contributed by atoms with van der Waals surface area (Å²) in [7, 11) is 2.80. The molecular formula is C10H13NO4. The lowest BCUT2D eigenvalue weighted by Crippen LogP contribution is -2.13. The van der Waals surface area contributed by atoms with Crippen LogP contribution in [0.15, 0.2) is 18.2 Å². The van der Waals surface area contributed by atoms with Crippen LogP contribution in [0.3, 0.4) is 0 Å². The van der Waals surface area contributed by atoms with E-state index in [4.69, 9.17) is 15.2 Å². The minimum atomic E-state index is -0.459. The van der Waals surface area contributed by atoms with Crippen molar-refractivity contribution in [2.45, 2.75) is 0 Å². The Morgan fingerprint density at radius 3 is 2.67 bits per heavy atom. The van der Waals surface area contributed by atoms with Crippen LogP contribution in [0.25, 0.3) is 0 Å². The highest BCUT2D eigenvalue weighted by Gasteiger charge is 2.07. The molecule has 0 aliphatic heterocycles. The monoisotopic (exact) mass is 211 g/mol. The standard InChI is InChI=1S/C10H13NO4/c1-13-8-4-3-7(11)5-9(8)15-6-10(12)14-2/h3-5H,6,11H2,1-2H3. The Morgan fingerprint density at radius 2 is 2.07 bits per heavy atom. The van der Waals surface area contributed by atoms with Gasteiger partial charge in [0.25, 0.3) is 0 Å². The lowest BCUT2D eigenvalue weighted by atomic mass is 10.3. The lowest BCUT2D eigenvalue weighted by molar-refractivity contribution is -0.142. The molecule has 0 atom stereocenters. The van der Waals surface area contributed by atoms with E-state index in [0.717, 1.165) is 0 Å². The molecule has 82 valence electrons. The fourth-order valence-electron chi connectivity index (χ4n) is 1.00. The zero-order valence-corrected chi connectivity index (χ0v) is 8.65. The molecule has 15 heavy (non-hydrogen) atoms. The number of nitrogens with two attached hydrogens (primary N) is 1. The number of hydrogen-bond acceptors (Lipinski definition) is 5. The predicted molar refractivity (Wildman–Crippen MR) is 54.9 cm³/mol. The zero-order valence-electron chi connectivity index (χ0n) is 8.65. The second-order valence-electron chi connectivity index (χ2n) is 2.78. The third-order valence-corrected chi connectivity index (χ3v) is 1.76. The second kappa shape index (κ2) is 5.09. The molecule has 1 aromatic rings. The van der Waals surface area contributed by atoms with Crippen molar-refractivity contribution >= 4 is 11.7 Å². The van der Waals surface area contributed by atoms with E-state index in [2.05, 4.69) is 4.74 Å². The van der Waals surface area contributed by atoms with Gasteiger partial charge in [-0.1, -0.05) is 0 Å². The van der Waals surface area contributed by atoms with Crippen molar-refractivity contribution in [2.75, 3.05) is 26.6 Å². The predicted octanol–water partition coefficient (Wildman–Crippen LogP) is 0.829. The number of nitrogen functional groups attached to an aromatic ring is 1. The summed E-state index contributed by atoms with van der Waals surface area (Å²) in [4.78, 5) is 10.9. The molecule has 2 N–H and O–H groups in total. The minimum absolute atomic E-state index is 0.170. The maximum Gasteiger partial charge on any atom is 0.343 e. The number of ether oxygens (including phenoxy) is 3. The summed E-state index contributed by atoms with van der Waals surface area (Å²) in [5.74, 6) is 0.482. The highest BCUT2D eigenvalue weighted by Crippen LogP contribution is 2.28. The average molecular weight is 211 g/mol. The van der Waals surface area contributed by atoms with Crippen molar-refractivity contribution in [2.24, 2.45) is 0 Å². The van der Waals surface area contributed by atoms with Crippen LogP contribution in [-0.2, 0) is 9.53 Å². The second-order valence-corrected chi connectivity index (χ2v) is 2.78. The summed E-state index contributed by atoms with van der Waals surface area (Å²) in [6, 6.07) is 4.94. The van der Waals surface area contributed by atoms with Gasteiger partial charge >= 0.3 is 5.97 Å². The normalized spacial score (nSPS) is 9.47. The van der Waals surface area contributed by atoms with Gasteiger partial charge in [-0.25, -0.2) is 4.79 Å². The summed E-state index contributed by atoms with van der Waals surface area (Å²) in [5.41, 5.74) is 6.11. The van der Waals surface area contributed by atoms with Gasteiger partial charge in [0.1, 0.15) is 0 Å². The van der Waals surface area contributed by atoms with Gasteiger partial charge in [-0.2, -0.15) is 0 Å². The lowest BCUT2D eigenvalue weighted by Gasteiger charge is -2.09. The zero-order chi connectivity index (χ0) is 11.3. The topological polar surface area (TPSA) is 70.8 Å². The first kappa shape index (κ1) is 11.2. The van der Waals surface area contributed by atoms with E-state index < -0.39 is 5.97 Å². The van der Waals surface area contributed by atoms with E-state index in [1.165, 1.54) is 14.2 Å². The van der Waals surface area contributed by atoms with Crippen LogP contribution in [-0.4, -0.2) is 26.8 Å². The maximum atomic E-state index is 10.9. The fourth-order valence-corrected chi connectivity index (χ4v) is 1.00. The number of rotatable bonds is 4. The van der Waals surface area contributed by atoms with Crippen LogP contribution >= 0.6 is 0 Å². The third kappa shape index (κ3) is 3.05. The molecule has 5 nitrogen and oxygen atoms in total. The Balaban J connectivity index is 2.74. The molecule has 0 saturated carbocycles. The molecule has 0 fully saturated rings. The molecule has 5 heteroatoms. The van der Waals surface area contributed by atoms with Gasteiger partial charge in [-0.05, 0) is 12.1 Å². The molecule has 0 bridgehead atoms. The third-order valence-electron chi connectivity index (χ3n) is 1.76. The first-order chi connectivity index (χ1) is 7.17. The van der Waals surface area contributed by atoms with Crippen molar-refractivity contribution in [3.63, 3.8) is 0 Å². The van der Waals surface area contributed by atoms with Crippen molar-refractivity contribution in [3.05, 3.63) is 18.2 Å². The Bertz CT molecular complexity index is 351. The van der Waals surface area contributed by atoms with Gasteiger partial charge in [0.15, 0.2) is 18.1 Å². The van der Waals surface area contributed by atoms with Crippen molar-refractivity contribution in [3.8, 4) is 11.5 Å². The van der Waals surface area contributed by atoms with Gasteiger partial charge in [0.2, 0.25) is 0 Å². The summed E-state index contributed by atoms with van der Waals surface area (Å²) < 4.78 is 14.7. The molecule has 0 saturated heterocycles. The summed E-state index contributed by atoms with van der Waals surface area (Å²) in [6.45, 7) is -0.170. The van der Waals surface area contributed by atoms with E-state index in [-0.39, 0.29) is 6.61 Å². The van der Waals surface area contributed by atoms with Crippen LogP contribution in [0.4, 0.5) is 5.69 Å².